The Hall–Kier alpha value is -2.59. The third-order valence-electron chi connectivity index (χ3n) is 3.45. The van der Waals surface area contributed by atoms with Crippen molar-refractivity contribution in [3.63, 3.8) is 0 Å². The van der Waals surface area contributed by atoms with Gasteiger partial charge in [-0.25, -0.2) is 0 Å². The standard InChI is InChI=1S/C14H19F3N4O4/c1-3-5-19(6-4-2)12-10(20(22)23)7-9(8-14(15,16)17)11(18)13(12)21(24)25/h7H,3-6,8,18H2,1-2H3. The van der Waals surface area contributed by atoms with E-state index in [1.54, 1.807) is 13.8 Å². The Morgan fingerprint density at radius 3 is 2.00 bits per heavy atom. The number of benzene rings is 1. The molecule has 0 spiro atoms. The molecular formula is C14H19F3N4O4. The third kappa shape index (κ3) is 4.94. The Bertz CT molecular complexity index is 658. The maximum atomic E-state index is 12.7. The zero-order valence-electron chi connectivity index (χ0n) is 13.8. The van der Waals surface area contributed by atoms with E-state index in [1.807, 2.05) is 0 Å². The fourth-order valence-electron chi connectivity index (χ4n) is 2.59. The van der Waals surface area contributed by atoms with Crippen molar-refractivity contribution in [2.24, 2.45) is 0 Å². The zero-order valence-corrected chi connectivity index (χ0v) is 13.8. The van der Waals surface area contributed by atoms with Crippen LogP contribution in [-0.4, -0.2) is 29.1 Å². The molecule has 140 valence electrons. The van der Waals surface area contributed by atoms with Crippen molar-refractivity contribution in [2.75, 3.05) is 23.7 Å². The first-order valence-corrected chi connectivity index (χ1v) is 7.59. The lowest BCUT2D eigenvalue weighted by molar-refractivity contribution is -0.392. The molecule has 0 aliphatic heterocycles. The first-order chi connectivity index (χ1) is 11.5. The lowest BCUT2D eigenvalue weighted by Crippen LogP contribution is -2.27. The molecule has 1 aromatic carbocycles. The maximum absolute atomic E-state index is 12.7. The van der Waals surface area contributed by atoms with Crippen molar-refractivity contribution >= 4 is 22.7 Å². The highest BCUT2D eigenvalue weighted by molar-refractivity contribution is 5.85. The van der Waals surface area contributed by atoms with Crippen LogP contribution in [0, 0.1) is 20.2 Å². The molecule has 0 saturated carbocycles. The van der Waals surface area contributed by atoms with Crippen LogP contribution in [0.2, 0.25) is 0 Å². The highest BCUT2D eigenvalue weighted by Gasteiger charge is 2.37. The van der Waals surface area contributed by atoms with Gasteiger partial charge >= 0.3 is 11.9 Å². The molecule has 0 aliphatic rings. The van der Waals surface area contributed by atoms with Crippen LogP contribution < -0.4 is 10.6 Å². The summed E-state index contributed by atoms with van der Waals surface area (Å²) < 4.78 is 38.0. The Morgan fingerprint density at radius 2 is 1.64 bits per heavy atom. The number of nitro groups is 2. The molecule has 0 aliphatic carbocycles. The number of nitro benzene ring substituents is 2. The van der Waals surface area contributed by atoms with Crippen LogP contribution in [0.3, 0.4) is 0 Å². The van der Waals surface area contributed by atoms with E-state index in [9.17, 15) is 33.4 Å². The number of anilines is 2. The number of rotatable bonds is 8. The van der Waals surface area contributed by atoms with E-state index in [0.29, 0.717) is 18.9 Å². The maximum Gasteiger partial charge on any atom is 0.393 e. The summed E-state index contributed by atoms with van der Waals surface area (Å²) in [5, 5.41) is 22.8. The van der Waals surface area contributed by atoms with Gasteiger partial charge in [-0.05, 0) is 18.4 Å². The molecule has 11 heteroatoms. The fourth-order valence-corrected chi connectivity index (χ4v) is 2.59. The number of hydrogen-bond donors (Lipinski definition) is 1. The lowest BCUT2D eigenvalue weighted by Gasteiger charge is -2.24. The molecule has 0 bridgehead atoms. The molecule has 0 heterocycles. The SMILES string of the molecule is CCCN(CCC)c1c([N+](=O)[O-])cc(CC(F)(F)F)c(N)c1[N+](=O)[O-]. The van der Waals surface area contributed by atoms with Gasteiger partial charge in [0.2, 0.25) is 0 Å². The molecule has 0 fully saturated rings. The second kappa shape index (κ2) is 7.99. The van der Waals surface area contributed by atoms with E-state index >= 15 is 0 Å². The van der Waals surface area contributed by atoms with Gasteiger partial charge in [0.25, 0.3) is 5.69 Å². The van der Waals surface area contributed by atoms with Gasteiger partial charge in [-0.1, -0.05) is 13.8 Å². The van der Waals surface area contributed by atoms with E-state index in [2.05, 4.69) is 0 Å². The van der Waals surface area contributed by atoms with E-state index < -0.39 is 45.1 Å². The monoisotopic (exact) mass is 364 g/mol. The number of halogens is 3. The van der Waals surface area contributed by atoms with Crippen LogP contribution in [0.15, 0.2) is 6.07 Å². The average Bonchev–Trinajstić information content (AvgIpc) is 2.46. The van der Waals surface area contributed by atoms with Gasteiger partial charge in [0.1, 0.15) is 5.69 Å². The largest absolute Gasteiger partial charge is 0.393 e. The van der Waals surface area contributed by atoms with Crippen molar-refractivity contribution in [1.82, 2.24) is 0 Å². The molecule has 2 N–H and O–H groups in total. The van der Waals surface area contributed by atoms with Crippen LogP contribution in [0.5, 0.6) is 0 Å². The average molecular weight is 364 g/mol. The first-order valence-electron chi connectivity index (χ1n) is 7.59. The first kappa shape index (κ1) is 20.5. The van der Waals surface area contributed by atoms with E-state index in [0.717, 1.165) is 0 Å². The number of nitrogens with two attached hydrogens (primary N) is 1. The molecule has 0 radical (unpaired) electrons. The molecule has 0 aromatic heterocycles. The second-order valence-corrected chi connectivity index (χ2v) is 5.46. The van der Waals surface area contributed by atoms with E-state index in [-0.39, 0.29) is 18.8 Å². The van der Waals surface area contributed by atoms with Crippen LogP contribution in [0.25, 0.3) is 0 Å². The Kier molecular flexibility index (Phi) is 6.54. The normalized spacial score (nSPS) is 11.4. The molecular weight excluding hydrogens is 345 g/mol. The highest BCUT2D eigenvalue weighted by Crippen LogP contribution is 2.45. The van der Waals surface area contributed by atoms with Crippen molar-refractivity contribution in [2.45, 2.75) is 39.3 Å². The fraction of sp³-hybridized carbons (Fsp3) is 0.571. The van der Waals surface area contributed by atoms with E-state index in [4.69, 9.17) is 5.73 Å². The summed E-state index contributed by atoms with van der Waals surface area (Å²) in [6.07, 6.45) is -5.21. The summed E-state index contributed by atoms with van der Waals surface area (Å²) in [5.41, 5.74) is 2.28. The van der Waals surface area contributed by atoms with Gasteiger partial charge in [-0.15, -0.1) is 0 Å². The lowest BCUT2D eigenvalue weighted by atomic mass is 10.0. The van der Waals surface area contributed by atoms with Gasteiger partial charge < -0.3 is 10.6 Å². The van der Waals surface area contributed by atoms with E-state index in [1.165, 1.54) is 4.90 Å². The Labute approximate surface area is 141 Å². The molecule has 25 heavy (non-hydrogen) atoms. The van der Waals surface area contributed by atoms with Crippen molar-refractivity contribution in [1.29, 1.82) is 0 Å². The zero-order chi connectivity index (χ0) is 19.4. The Morgan fingerprint density at radius 1 is 1.12 bits per heavy atom. The quantitative estimate of drug-likeness (QED) is 0.426. The van der Waals surface area contributed by atoms with Crippen molar-refractivity contribution in [3.8, 4) is 0 Å². The predicted octanol–water partition coefficient (Wildman–Crippen LogP) is 3.82. The number of hydrogen-bond acceptors (Lipinski definition) is 6. The third-order valence-corrected chi connectivity index (χ3v) is 3.45. The number of nitrogens with zero attached hydrogens (tertiary/aromatic N) is 3. The van der Waals surface area contributed by atoms with Gasteiger partial charge in [0, 0.05) is 19.2 Å². The summed E-state index contributed by atoms with van der Waals surface area (Å²) in [7, 11) is 0. The van der Waals surface area contributed by atoms with Gasteiger partial charge in [0.05, 0.1) is 16.3 Å². The highest BCUT2D eigenvalue weighted by atomic mass is 19.4. The summed E-state index contributed by atoms with van der Waals surface area (Å²) in [5.74, 6) is 0. The minimum atomic E-state index is -4.70. The Balaban J connectivity index is 3.76. The minimum absolute atomic E-state index is 0.271. The van der Waals surface area contributed by atoms with Crippen molar-refractivity contribution in [3.05, 3.63) is 31.9 Å². The van der Waals surface area contributed by atoms with Crippen LogP contribution in [-0.2, 0) is 6.42 Å². The molecule has 1 aromatic rings. The topological polar surface area (TPSA) is 116 Å². The van der Waals surface area contributed by atoms with Crippen LogP contribution >= 0.6 is 0 Å². The number of alkyl halides is 3. The summed E-state index contributed by atoms with van der Waals surface area (Å²) in [4.78, 5) is 22.4. The van der Waals surface area contributed by atoms with Gasteiger partial charge in [0.15, 0.2) is 5.69 Å². The minimum Gasteiger partial charge on any atom is -0.393 e. The summed E-state index contributed by atoms with van der Waals surface area (Å²) >= 11 is 0. The van der Waals surface area contributed by atoms with Gasteiger partial charge in [-0.2, -0.15) is 13.2 Å². The molecule has 1 rings (SSSR count). The predicted molar refractivity (Wildman–Crippen MR) is 86.7 cm³/mol. The summed E-state index contributed by atoms with van der Waals surface area (Å²) in [6.45, 7) is 4.10. The molecule has 8 nitrogen and oxygen atoms in total. The molecule has 0 unspecified atom stereocenters. The molecule has 0 atom stereocenters. The van der Waals surface area contributed by atoms with Crippen molar-refractivity contribution < 1.29 is 23.0 Å². The van der Waals surface area contributed by atoms with Gasteiger partial charge in [-0.3, -0.25) is 20.2 Å². The number of nitrogen functional groups attached to an aromatic ring is 1. The summed E-state index contributed by atoms with van der Waals surface area (Å²) in [6, 6.07) is 0.684. The molecule has 0 amide bonds. The molecule has 0 saturated heterocycles. The smallest absolute Gasteiger partial charge is 0.393 e. The van der Waals surface area contributed by atoms with Crippen LogP contribution in [0.1, 0.15) is 32.3 Å². The van der Waals surface area contributed by atoms with Crippen LogP contribution in [0.4, 0.5) is 35.9 Å². The second-order valence-electron chi connectivity index (χ2n) is 5.46.